The number of methoxy groups -OCH3 is 1. The highest BCUT2D eigenvalue weighted by Gasteiger charge is 2.16. The van der Waals surface area contributed by atoms with Gasteiger partial charge in [0.25, 0.3) is 5.91 Å². The minimum absolute atomic E-state index is 0.0841. The smallest absolute Gasteiger partial charge is 0.338 e. The zero-order chi connectivity index (χ0) is 18.2. The van der Waals surface area contributed by atoms with Crippen LogP contribution in [0.5, 0.6) is 0 Å². The van der Waals surface area contributed by atoms with Gasteiger partial charge < -0.3 is 10.1 Å². The SMILES string of the molecule is COC(=O)c1ccccc1/C=C(\C#N)C(=O)N[C@@H](C)c1ccccc1. The van der Waals surface area contributed by atoms with Gasteiger partial charge in [0.15, 0.2) is 0 Å². The molecular weight excluding hydrogens is 316 g/mol. The quantitative estimate of drug-likeness (QED) is 0.517. The van der Waals surface area contributed by atoms with Gasteiger partial charge in [-0.2, -0.15) is 5.26 Å². The van der Waals surface area contributed by atoms with E-state index >= 15 is 0 Å². The number of esters is 1. The van der Waals surface area contributed by atoms with Gasteiger partial charge in [0, 0.05) is 0 Å². The standard InChI is InChI=1S/C20H18N2O3/c1-14(15-8-4-3-5-9-15)22-19(23)17(13-21)12-16-10-6-7-11-18(16)20(24)25-2/h3-12,14H,1-2H3,(H,22,23)/b17-12+/t14-/m0/s1. The molecule has 2 aromatic carbocycles. The number of nitrogens with zero attached hydrogens (tertiary/aromatic N) is 1. The van der Waals surface area contributed by atoms with Crippen molar-refractivity contribution in [2.75, 3.05) is 7.11 Å². The van der Waals surface area contributed by atoms with Crippen LogP contribution in [0.15, 0.2) is 60.2 Å². The second-order valence-electron chi connectivity index (χ2n) is 5.35. The summed E-state index contributed by atoms with van der Waals surface area (Å²) in [7, 11) is 1.28. The summed E-state index contributed by atoms with van der Waals surface area (Å²) in [6, 6.07) is 17.7. The summed E-state index contributed by atoms with van der Waals surface area (Å²) in [4.78, 5) is 24.2. The Morgan fingerprint density at radius 2 is 1.76 bits per heavy atom. The van der Waals surface area contributed by atoms with Gasteiger partial charge in [0.1, 0.15) is 11.6 Å². The van der Waals surface area contributed by atoms with Crippen LogP contribution < -0.4 is 5.32 Å². The molecule has 126 valence electrons. The summed E-state index contributed by atoms with van der Waals surface area (Å²) in [5.74, 6) is -1.03. The van der Waals surface area contributed by atoms with Crippen molar-refractivity contribution in [2.45, 2.75) is 13.0 Å². The first-order chi connectivity index (χ1) is 12.1. The molecule has 2 rings (SSSR count). The zero-order valence-electron chi connectivity index (χ0n) is 14.0. The highest BCUT2D eigenvalue weighted by molar-refractivity contribution is 6.03. The molecule has 25 heavy (non-hydrogen) atoms. The van der Waals surface area contributed by atoms with E-state index < -0.39 is 11.9 Å². The summed E-state index contributed by atoms with van der Waals surface area (Å²) < 4.78 is 4.72. The maximum absolute atomic E-state index is 12.4. The molecule has 0 aliphatic rings. The second-order valence-corrected chi connectivity index (χ2v) is 5.35. The number of nitriles is 1. The molecule has 0 aromatic heterocycles. The first-order valence-corrected chi connectivity index (χ1v) is 7.71. The molecule has 5 heteroatoms. The van der Waals surface area contributed by atoms with Gasteiger partial charge in [-0.25, -0.2) is 4.79 Å². The highest BCUT2D eigenvalue weighted by atomic mass is 16.5. The molecule has 1 atom stereocenters. The van der Waals surface area contributed by atoms with Gasteiger partial charge in [0.05, 0.1) is 18.7 Å². The van der Waals surface area contributed by atoms with Crippen molar-refractivity contribution in [2.24, 2.45) is 0 Å². The lowest BCUT2D eigenvalue weighted by atomic mass is 10.0. The largest absolute Gasteiger partial charge is 0.465 e. The summed E-state index contributed by atoms with van der Waals surface area (Å²) in [5.41, 5.74) is 1.59. The summed E-state index contributed by atoms with van der Waals surface area (Å²) in [6.45, 7) is 1.84. The number of amides is 1. The van der Waals surface area contributed by atoms with Crippen LogP contribution in [0.3, 0.4) is 0 Å². The Balaban J connectivity index is 2.25. The molecule has 0 aliphatic carbocycles. The van der Waals surface area contributed by atoms with E-state index in [0.717, 1.165) is 5.56 Å². The molecule has 0 bridgehead atoms. The molecule has 0 saturated carbocycles. The second kappa shape index (κ2) is 8.46. The van der Waals surface area contributed by atoms with Crippen molar-refractivity contribution in [1.82, 2.24) is 5.32 Å². The Labute approximate surface area is 146 Å². The Hall–Kier alpha value is -3.39. The van der Waals surface area contributed by atoms with Gasteiger partial charge in [-0.3, -0.25) is 4.79 Å². The van der Waals surface area contributed by atoms with Crippen LogP contribution in [0, 0.1) is 11.3 Å². The Morgan fingerprint density at radius 1 is 1.12 bits per heavy atom. The predicted molar refractivity (Wildman–Crippen MR) is 94.4 cm³/mol. The van der Waals surface area contributed by atoms with E-state index in [2.05, 4.69) is 5.32 Å². The number of carbonyl (C=O) groups is 2. The minimum Gasteiger partial charge on any atom is -0.465 e. The van der Waals surface area contributed by atoms with Crippen LogP contribution >= 0.6 is 0 Å². The van der Waals surface area contributed by atoms with Crippen molar-refractivity contribution in [1.29, 1.82) is 5.26 Å². The Bertz CT molecular complexity index is 836. The number of ether oxygens (including phenoxy) is 1. The highest BCUT2D eigenvalue weighted by Crippen LogP contribution is 2.16. The third-order valence-electron chi connectivity index (χ3n) is 3.68. The van der Waals surface area contributed by atoms with Crippen LogP contribution in [-0.2, 0) is 9.53 Å². The van der Waals surface area contributed by atoms with Crippen molar-refractivity contribution in [3.63, 3.8) is 0 Å². The summed E-state index contributed by atoms with van der Waals surface area (Å²) in [5, 5.41) is 12.1. The van der Waals surface area contributed by atoms with Crippen LogP contribution in [0.2, 0.25) is 0 Å². The predicted octanol–water partition coefficient (Wildman–Crippen LogP) is 3.26. The molecule has 0 spiro atoms. The number of carbonyl (C=O) groups excluding carboxylic acids is 2. The molecule has 1 amide bonds. The topological polar surface area (TPSA) is 79.2 Å². The number of nitrogens with one attached hydrogen (secondary N) is 1. The molecule has 1 N–H and O–H groups in total. The summed E-state index contributed by atoms with van der Waals surface area (Å²) in [6.07, 6.45) is 1.39. The molecule has 0 heterocycles. The number of hydrogen-bond donors (Lipinski definition) is 1. The molecule has 0 radical (unpaired) electrons. The lowest BCUT2D eigenvalue weighted by Gasteiger charge is -2.14. The van der Waals surface area contributed by atoms with Gasteiger partial charge >= 0.3 is 5.97 Å². The average molecular weight is 334 g/mol. The molecule has 2 aromatic rings. The fourth-order valence-electron chi connectivity index (χ4n) is 2.32. The number of benzene rings is 2. The first kappa shape index (κ1) is 18.0. The van der Waals surface area contributed by atoms with E-state index in [-0.39, 0.29) is 11.6 Å². The van der Waals surface area contributed by atoms with Crippen LogP contribution in [0.4, 0.5) is 0 Å². The van der Waals surface area contributed by atoms with E-state index in [1.54, 1.807) is 24.3 Å². The molecule has 0 fully saturated rings. The third-order valence-corrected chi connectivity index (χ3v) is 3.68. The fourth-order valence-corrected chi connectivity index (χ4v) is 2.32. The number of rotatable bonds is 5. The maximum atomic E-state index is 12.4. The van der Waals surface area contributed by atoms with Gasteiger partial charge in [-0.1, -0.05) is 48.5 Å². The summed E-state index contributed by atoms with van der Waals surface area (Å²) >= 11 is 0. The van der Waals surface area contributed by atoms with E-state index in [9.17, 15) is 14.9 Å². The van der Waals surface area contributed by atoms with E-state index in [0.29, 0.717) is 11.1 Å². The average Bonchev–Trinajstić information content (AvgIpc) is 2.66. The third kappa shape index (κ3) is 4.55. The maximum Gasteiger partial charge on any atom is 0.338 e. The van der Waals surface area contributed by atoms with Crippen LogP contribution in [0.1, 0.15) is 34.5 Å². The Kier molecular flexibility index (Phi) is 6.08. The van der Waals surface area contributed by atoms with Crippen molar-refractivity contribution in [3.8, 4) is 6.07 Å². The lowest BCUT2D eigenvalue weighted by Crippen LogP contribution is -2.27. The monoisotopic (exact) mass is 334 g/mol. The van der Waals surface area contributed by atoms with Crippen molar-refractivity contribution < 1.29 is 14.3 Å². The molecule has 0 saturated heterocycles. The van der Waals surface area contributed by atoms with Crippen LogP contribution in [-0.4, -0.2) is 19.0 Å². The normalized spacial score (nSPS) is 12.0. The van der Waals surface area contributed by atoms with Crippen molar-refractivity contribution >= 4 is 18.0 Å². The molecular formula is C20H18N2O3. The first-order valence-electron chi connectivity index (χ1n) is 7.71. The number of hydrogen-bond acceptors (Lipinski definition) is 4. The van der Waals surface area contributed by atoms with E-state index in [4.69, 9.17) is 4.74 Å². The minimum atomic E-state index is -0.526. The zero-order valence-corrected chi connectivity index (χ0v) is 14.0. The molecule has 0 aliphatic heterocycles. The Morgan fingerprint density at radius 3 is 2.40 bits per heavy atom. The van der Waals surface area contributed by atoms with E-state index in [1.807, 2.05) is 43.3 Å². The lowest BCUT2D eigenvalue weighted by molar-refractivity contribution is -0.117. The van der Waals surface area contributed by atoms with Crippen LogP contribution in [0.25, 0.3) is 6.08 Å². The van der Waals surface area contributed by atoms with Gasteiger partial charge in [0.2, 0.25) is 0 Å². The van der Waals surface area contributed by atoms with E-state index in [1.165, 1.54) is 13.2 Å². The molecule has 5 nitrogen and oxygen atoms in total. The fraction of sp³-hybridized carbons (Fsp3) is 0.150. The van der Waals surface area contributed by atoms with Crippen molar-refractivity contribution in [3.05, 3.63) is 76.9 Å². The van der Waals surface area contributed by atoms with Gasteiger partial charge in [-0.05, 0) is 30.2 Å². The molecule has 0 unspecified atom stereocenters. The van der Waals surface area contributed by atoms with Gasteiger partial charge in [-0.15, -0.1) is 0 Å².